The number of nitrogens with one attached hydrogen (secondary N) is 2. The van der Waals surface area contributed by atoms with Crippen LogP contribution in [0.15, 0.2) is 59.9 Å². The van der Waals surface area contributed by atoms with Crippen molar-refractivity contribution >= 4 is 27.9 Å². The van der Waals surface area contributed by atoms with Gasteiger partial charge in [-0.3, -0.25) is 9.36 Å². The number of fused-ring (bicyclic) bond motifs is 2. The smallest absolute Gasteiger partial charge is 0.266 e. The Hall–Kier alpha value is -4.07. The number of rotatable bonds is 4. The second-order valence-electron chi connectivity index (χ2n) is 7.10. The molecule has 3 aromatic heterocycles. The van der Waals surface area contributed by atoms with Crippen LogP contribution in [0.3, 0.4) is 0 Å². The molecule has 30 heavy (non-hydrogen) atoms. The standard InChI is InChI=1S/C22H19N7O/c1-13-6-3-4-9-16(13)29-17(28-15-8-5-7-14(2)18(15)22(29)30)10-23-20-19-21(25-11-24-19)27-12-26-20/h3-9,11-12H,10H2,1-2H3,(H2,23,24,25,26,27). The van der Waals surface area contributed by atoms with Crippen molar-refractivity contribution in [1.29, 1.82) is 0 Å². The lowest BCUT2D eigenvalue weighted by atomic mass is 10.1. The van der Waals surface area contributed by atoms with Gasteiger partial charge in [0.25, 0.3) is 5.56 Å². The highest BCUT2D eigenvalue weighted by Crippen LogP contribution is 2.20. The number of benzene rings is 2. The summed E-state index contributed by atoms with van der Waals surface area (Å²) in [6.07, 6.45) is 3.03. The summed E-state index contributed by atoms with van der Waals surface area (Å²) in [7, 11) is 0. The van der Waals surface area contributed by atoms with Crippen LogP contribution in [0.5, 0.6) is 0 Å². The summed E-state index contributed by atoms with van der Waals surface area (Å²) in [5.74, 6) is 1.20. The lowest BCUT2D eigenvalue weighted by molar-refractivity contribution is 0.831. The van der Waals surface area contributed by atoms with E-state index in [0.717, 1.165) is 16.8 Å². The molecule has 2 aromatic carbocycles. The number of aromatic nitrogens is 6. The van der Waals surface area contributed by atoms with Gasteiger partial charge in [-0.1, -0.05) is 30.3 Å². The van der Waals surface area contributed by atoms with E-state index in [1.165, 1.54) is 6.33 Å². The Morgan fingerprint density at radius 2 is 1.83 bits per heavy atom. The highest BCUT2D eigenvalue weighted by molar-refractivity contribution is 5.83. The van der Waals surface area contributed by atoms with Gasteiger partial charge in [0.2, 0.25) is 0 Å². The molecule has 5 rings (SSSR count). The normalized spacial score (nSPS) is 11.3. The van der Waals surface area contributed by atoms with E-state index in [9.17, 15) is 4.79 Å². The Morgan fingerprint density at radius 1 is 1.00 bits per heavy atom. The highest BCUT2D eigenvalue weighted by Gasteiger charge is 2.16. The van der Waals surface area contributed by atoms with Crippen LogP contribution in [-0.2, 0) is 6.54 Å². The highest BCUT2D eigenvalue weighted by atomic mass is 16.1. The first-order valence-corrected chi connectivity index (χ1v) is 9.58. The molecule has 0 amide bonds. The van der Waals surface area contributed by atoms with E-state index in [-0.39, 0.29) is 5.56 Å². The molecule has 3 heterocycles. The fourth-order valence-electron chi connectivity index (χ4n) is 3.68. The molecule has 0 aliphatic heterocycles. The zero-order valence-electron chi connectivity index (χ0n) is 16.5. The third kappa shape index (κ3) is 2.89. The summed E-state index contributed by atoms with van der Waals surface area (Å²) in [6, 6.07) is 13.5. The van der Waals surface area contributed by atoms with Crippen molar-refractivity contribution in [2.24, 2.45) is 0 Å². The quantitative estimate of drug-likeness (QED) is 0.483. The summed E-state index contributed by atoms with van der Waals surface area (Å²) in [5.41, 5.74) is 4.58. The van der Waals surface area contributed by atoms with Crippen molar-refractivity contribution in [3.05, 3.63) is 82.4 Å². The van der Waals surface area contributed by atoms with Crippen LogP contribution in [0.2, 0.25) is 0 Å². The third-order valence-electron chi connectivity index (χ3n) is 5.17. The predicted octanol–water partition coefficient (Wildman–Crippen LogP) is 3.28. The van der Waals surface area contributed by atoms with Crippen molar-refractivity contribution in [2.75, 3.05) is 5.32 Å². The zero-order chi connectivity index (χ0) is 20.7. The van der Waals surface area contributed by atoms with Gasteiger partial charge in [-0.05, 0) is 37.1 Å². The number of hydrogen-bond acceptors (Lipinski definition) is 6. The van der Waals surface area contributed by atoms with Gasteiger partial charge >= 0.3 is 0 Å². The summed E-state index contributed by atoms with van der Waals surface area (Å²) >= 11 is 0. The molecule has 0 atom stereocenters. The first-order chi connectivity index (χ1) is 14.6. The topological polar surface area (TPSA) is 101 Å². The van der Waals surface area contributed by atoms with Crippen LogP contribution in [-0.4, -0.2) is 29.5 Å². The van der Waals surface area contributed by atoms with Gasteiger partial charge < -0.3 is 10.3 Å². The van der Waals surface area contributed by atoms with E-state index in [0.29, 0.717) is 40.3 Å². The number of aryl methyl sites for hydroxylation is 2. The Kier molecular flexibility index (Phi) is 4.24. The molecule has 0 bridgehead atoms. The predicted molar refractivity (Wildman–Crippen MR) is 116 cm³/mol. The van der Waals surface area contributed by atoms with Crippen LogP contribution < -0.4 is 10.9 Å². The molecule has 0 fully saturated rings. The second-order valence-corrected chi connectivity index (χ2v) is 7.10. The lowest BCUT2D eigenvalue weighted by Crippen LogP contribution is -2.26. The molecule has 0 radical (unpaired) electrons. The second kappa shape index (κ2) is 7.07. The molecule has 8 heteroatoms. The molecule has 0 spiro atoms. The van der Waals surface area contributed by atoms with E-state index in [1.807, 2.05) is 56.3 Å². The van der Waals surface area contributed by atoms with Crippen LogP contribution in [0.1, 0.15) is 17.0 Å². The first-order valence-electron chi connectivity index (χ1n) is 9.58. The monoisotopic (exact) mass is 397 g/mol. The molecule has 148 valence electrons. The van der Waals surface area contributed by atoms with E-state index >= 15 is 0 Å². The fourth-order valence-corrected chi connectivity index (χ4v) is 3.68. The number of anilines is 1. The number of hydrogen-bond donors (Lipinski definition) is 2. The maximum Gasteiger partial charge on any atom is 0.266 e. The number of H-pyrrole nitrogens is 1. The van der Waals surface area contributed by atoms with Crippen molar-refractivity contribution in [2.45, 2.75) is 20.4 Å². The van der Waals surface area contributed by atoms with Gasteiger partial charge in [-0.25, -0.2) is 19.9 Å². The molecule has 0 saturated carbocycles. The van der Waals surface area contributed by atoms with Crippen LogP contribution in [0.25, 0.3) is 27.8 Å². The summed E-state index contributed by atoms with van der Waals surface area (Å²) in [6.45, 7) is 4.22. The first kappa shape index (κ1) is 18.0. The van der Waals surface area contributed by atoms with Crippen LogP contribution in [0.4, 0.5) is 5.82 Å². The average molecular weight is 397 g/mol. The van der Waals surface area contributed by atoms with Gasteiger partial charge in [0.1, 0.15) is 17.7 Å². The van der Waals surface area contributed by atoms with E-state index < -0.39 is 0 Å². The van der Waals surface area contributed by atoms with Crippen molar-refractivity contribution < 1.29 is 0 Å². The lowest BCUT2D eigenvalue weighted by Gasteiger charge is -2.17. The zero-order valence-corrected chi connectivity index (χ0v) is 16.5. The number of para-hydroxylation sites is 1. The molecule has 0 saturated heterocycles. The Balaban J connectivity index is 1.69. The van der Waals surface area contributed by atoms with Crippen molar-refractivity contribution in [3.63, 3.8) is 0 Å². The van der Waals surface area contributed by atoms with Crippen molar-refractivity contribution in [1.82, 2.24) is 29.5 Å². The SMILES string of the molecule is Cc1ccccc1-n1c(CNc2ncnc3nc[nH]c23)nc2cccc(C)c2c1=O. The van der Waals surface area contributed by atoms with E-state index in [4.69, 9.17) is 4.98 Å². The van der Waals surface area contributed by atoms with E-state index in [1.54, 1.807) is 10.9 Å². The molecular weight excluding hydrogens is 378 g/mol. The number of nitrogens with zero attached hydrogens (tertiary/aromatic N) is 5. The molecule has 0 aliphatic rings. The Labute approximate surface area is 171 Å². The van der Waals surface area contributed by atoms with Gasteiger partial charge in [0.15, 0.2) is 11.5 Å². The molecule has 2 N–H and O–H groups in total. The third-order valence-corrected chi connectivity index (χ3v) is 5.17. The van der Waals surface area contributed by atoms with Crippen LogP contribution >= 0.6 is 0 Å². The van der Waals surface area contributed by atoms with Gasteiger partial charge in [0, 0.05) is 0 Å². The Bertz CT molecular complexity index is 1450. The molecular formula is C22H19N7O. The average Bonchev–Trinajstić information content (AvgIpc) is 3.22. The summed E-state index contributed by atoms with van der Waals surface area (Å²) < 4.78 is 1.68. The largest absolute Gasteiger partial charge is 0.361 e. The maximum absolute atomic E-state index is 13.6. The van der Waals surface area contributed by atoms with Crippen molar-refractivity contribution in [3.8, 4) is 5.69 Å². The maximum atomic E-state index is 13.6. The molecule has 0 unspecified atom stereocenters. The van der Waals surface area contributed by atoms with E-state index in [2.05, 4.69) is 25.3 Å². The minimum Gasteiger partial charge on any atom is -0.361 e. The number of imidazole rings is 1. The molecule has 8 nitrogen and oxygen atoms in total. The minimum atomic E-state index is -0.0847. The van der Waals surface area contributed by atoms with Gasteiger partial charge in [-0.2, -0.15) is 0 Å². The van der Waals surface area contributed by atoms with Crippen LogP contribution in [0, 0.1) is 13.8 Å². The Morgan fingerprint density at radius 3 is 2.70 bits per heavy atom. The summed E-state index contributed by atoms with van der Waals surface area (Å²) in [4.78, 5) is 34.0. The summed E-state index contributed by atoms with van der Waals surface area (Å²) in [5, 5.41) is 3.91. The molecule has 0 aliphatic carbocycles. The van der Waals surface area contributed by atoms with Gasteiger partial charge in [0.05, 0.1) is 29.5 Å². The van der Waals surface area contributed by atoms with Gasteiger partial charge in [-0.15, -0.1) is 0 Å². The molecule has 5 aromatic rings. The fraction of sp³-hybridized carbons (Fsp3) is 0.136. The number of aromatic amines is 1. The minimum absolute atomic E-state index is 0.0847.